The van der Waals surface area contributed by atoms with E-state index >= 15 is 0 Å². The maximum absolute atomic E-state index is 13.0. The molecule has 2 rings (SSSR count). The number of rotatable bonds is 4. The van der Waals surface area contributed by atoms with E-state index in [9.17, 15) is 18.4 Å². The molecule has 2 aromatic rings. The van der Waals surface area contributed by atoms with Crippen molar-refractivity contribution in [3.63, 3.8) is 0 Å². The smallest absolute Gasteiger partial charge is 0.335 e. The van der Waals surface area contributed by atoms with Crippen molar-refractivity contribution in [1.29, 1.82) is 0 Å². The van der Waals surface area contributed by atoms with Crippen molar-refractivity contribution in [3.05, 3.63) is 65.2 Å². The summed E-state index contributed by atoms with van der Waals surface area (Å²) in [6.07, 6.45) is -0.208. The number of amides is 1. The van der Waals surface area contributed by atoms with Crippen LogP contribution in [0.4, 0.5) is 14.5 Å². The predicted octanol–water partition coefficient (Wildman–Crippen LogP) is 2.84. The van der Waals surface area contributed by atoms with Crippen molar-refractivity contribution in [3.8, 4) is 0 Å². The van der Waals surface area contributed by atoms with E-state index < -0.39 is 23.5 Å². The van der Waals surface area contributed by atoms with Gasteiger partial charge in [0.25, 0.3) is 0 Å². The van der Waals surface area contributed by atoms with Crippen molar-refractivity contribution >= 4 is 17.6 Å². The van der Waals surface area contributed by atoms with Crippen LogP contribution in [-0.4, -0.2) is 17.0 Å². The first-order chi connectivity index (χ1) is 9.95. The summed E-state index contributed by atoms with van der Waals surface area (Å²) in [6.45, 7) is 0. The first-order valence-electron chi connectivity index (χ1n) is 6.03. The molecular formula is C15H11F2NO3. The van der Waals surface area contributed by atoms with E-state index in [1.165, 1.54) is 12.1 Å². The highest BCUT2D eigenvalue weighted by Gasteiger charge is 2.13. The Morgan fingerprint density at radius 3 is 2.29 bits per heavy atom. The Bertz CT molecular complexity index is 681. The van der Waals surface area contributed by atoms with E-state index in [1.54, 1.807) is 12.1 Å². The predicted molar refractivity (Wildman–Crippen MR) is 72.1 cm³/mol. The monoisotopic (exact) mass is 291 g/mol. The molecule has 2 aromatic carbocycles. The van der Waals surface area contributed by atoms with E-state index in [2.05, 4.69) is 5.32 Å². The van der Waals surface area contributed by atoms with E-state index in [1.807, 2.05) is 0 Å². The lowest BCUT2D eigenvalue weighted by Gasteiger charge is -2.08. The van der Waals surface area contributed by atoms with Gasteiger partial charge in [-0.05, 0) is 23.8 Å². The lowest BCUT2D eigenvalue weighted by Crippen LogP contribution is -2.16. The number of halogens is 2. The number of carbonyl (C=O) groups is 2. The summed E-state index contributed by atoms with van der Waals surface area (Å²) in [6, 6.07) is 8.69. The van der Waals surface area contributed by atoms with Crippen LogP contribution in [0.25, 0.3) is 0 Å². The number of carboxylic acids is 1. The largest absolute Gasteiger partial charge is 0.478 e. The fourth-order valence-corrected chi connectivity index (χ4v) is 1.89. The summed E-state index contributed by atoms with van der Waals surface area (Å²) in [4.78, 5) is 22.9. The molecule has 0 aliphatic heterocycles. The Labute approximate surface area is 119 Å². The van der Waals surface area contributed by atoms with Crippen molar-refractivity contribution in [2.45, 2.75) is 6.42 Å². The normalized spacial score (nSPS) is 10.2. The average Bonchev–Trinajstić information content (AvgIpc) is 2.37. The van der Waals surface area contributed by atoms with E-state index in [-0.39, 0.29) is 17.7 Å². The third-order valence-electron chi connectivity index (χ3n) is 2.75. The number of benzene rings is 2. The quantitative estimate of drug-likeness (QED) is 0.910. The maximum atomic E-state index is 13.0. The number of hydrogen-bond donors (Lipinski definition) is 2. The van der Waals surface area contributed by atoms with Crippen LogP contribution < -0.4 is 5.32 Å². The lowest BCUT2D eigenvalue weighted by molar-refractivity contribution is -0.115. The standard InChI is InChI=1S/C15H11F2NO3/c16-10-6-11(17)8-12(7-10)18-14(19)5-9-3-1-2-4-13(9)15(20)21/h1-4,6-8H,5H2,(H,18,19)(H,20,21). The van der Waals surface area contributed by atoms with E-state index in [0.717, 1.165) is 12.1 Å². The second-order valence-electron chi connectivity index (χ2n) is 4.35. The maximum Gasteiger partial charge on any atom is 0.335 e. The molecule has 6 heteroatoms. The zero-order valence-corrected chi connectivity index (χ0v) is 10.8. The van der Waals surface area contributed by atoms with Crippen LogP contribution in [0.5, 0.6) is 0 Å². The van der Waals surface area contributed by atoms with Gasteiger partial charge in [-0.25, -0.2) is 13.6 Å². The fraction of sp³-hybridized carbons (Fsp3) is 0.0667. The lowest BCUT2D eigenvalue weighted by atomic mass is 10.0. The molecule has 2 N–H and O–H groups in total. The van der Waals surface area contributed by atoms with Gasteiger partial charge in [0.05, 0.1) is 12.0 Å². The van der Waals surface area contributed by atoms with Gasteiger partial charge in [-0.2, -0.15) is 0 Å². The van der Waals surface area contributed by atoms with Crippen molar-refractivity contribution in [1.82, 2.24) is 0 Å². The van der Waals surface area contributed by atoms with Gasteiger partial charge in [0.1, 0.15) is 11.6 Å². The molecule has 1 amide bonds. The third kappa shape index (κ3) is 3.85. The van der Waals surface area contributed by atoms with Crippen molar-refractivity contribution in [2.24, 2.45) is 0 Å². The zero-order chi connectivity index (χ0) is 15.4. The molecule has 0 bridgehead atoms. The molecular weight excluding hydrogens is 280 g/mol. The van der Waals surface area contributed by atoms with Crippen LogP contribution in [0.15, 0.2) is 42.5 Å². The molecule has 108 valence electrons. The van der Waals surface area contributed by atoms with Crippen LogP contribution in [0.1, 0.15) is 15.9 Å². The number of anilines is 1. The first kappa shape index (κ1) is 14.6. The van der Waals surface area contributed by atoms with Crippen LogP contribution in [0, 0.1) is 11.6 Å². The topological polar surface area (TPSA) is 66.4 Å². The molecule has 21 heavy (non-hydrogen) atoms. The van der Waals surface area contributed by atoms with Gasteiger partial charge in [0, 0.05) is 11.8 Å². The average molecular weight is 291 g/mol. The molecule has 0 unspecified atom stereocenters. The van der Waals surface area contributed by atoms with Gasteiger partial charge < -0.3 is 10.4 Å². The Kier molecular flexibility index (Phi) is 4.27. The molecule has 0 heterocycles. The highest BCUT2D eigenvalue weighted by molar-refractivity contribution is 5.96. The van der Waals surface area contributed by atoms with Crippen LogP contribution in [0.2, 0.25) is 0 Å². The van der Waals surface area contributed by atoms with Gasteiger partial charge in [0.15, 0.2) is 0 Å². The number of nitrogens with one attached hydrogen (secondary N) is 1. The number of carboxylic acid groups (broad SMARTS) is 1. The van der Waals surface area contributed by atoms with E-state index in [0.29, 0.717) is 11.6 Å². The number of aromatic carboxylic acids is 1. The molecule has 0 atom stereocenters. The summed E-state index contributed by atoms with van der Waals surface area (Å²) in [7, 11) is 0. The second-order valence-corrected chi connectivity index (χ2v) is 4.35. The SMILES string of the molecule is O=C(Cc1ccccc1C(=O)O)Nc1cc(F)cc(F)c1. The molecule has 0 spiro atoms. The van der Waals surface area contributed by atoms with Gasteiger partial charge in [-0.15, -0.1) is 0 Å². The van der Waals surface area contributed by atoms with Gasteiger partial charge in [0.2, 0.25) is 5.91 Å². The number of carbonyl (C=O) groups excluding carboxylic acids is 1. The van der Waals surface area contributed by atoms with E-state index in [4.69, 9.17) is 5.11 Å². The van der Waals surface area contributed by atoms with Gasteiger partial charge in [-0.3, -0.25) is 4.79 Å². The molecule has 4 nitrogen and oxygen atoms in total. The molecule has 0 radical (unpaired) electrons. The molecule has 0 aliphatic carbocycles. The minimum Gasteiger partial charge on any atom is -0.478 e. The minimum absolute atomic E-state index is 0.0121. The first-order valence-corrected chi connectivity index (χ1v) is 6.03. The third-order valence-corrected chi connectivity index (χ3v) is 2.75. The molecule has 0 saturated heterocycles. The molecule has 0 fully saturated rings. The van der Waals surface area contributed by atoms with Crippen LogP contribution in [-0.2, 0) is 11.2 Å². The summed E-state index contributed by atoms with van der Waals surface area (Å²) >= 11 is 0. The summed E-state index contributed by atoms with van der Waals surface area (Å²) in [5, 5.41) is 11.3. The summed E-state index contributed by atoms with van der Waals surface area (Å²) < 4.78 is 26.0. The van der Waals surface area contributed by atoms with Gasteiger partial charge in [-0.1, -0.05) is 18.2 Å². The Balaban J connectivity index is 2.14. The Hall–Kier alpha value is -2.76. The summed E-state index contributed by atoms with van der Waals surface area (Å²) in [5.41, 5.74) is 0.308. The number of hydrogen-bond acceptors (Lipinski definition) is 2. The molecule has 0 aliphatic rings. The van der Waals surface area contributed by atoms with Crippen molar-refractivity contribution in [2.75, 3.05) is 5.32 Å². The fourth-order valence-electron chi connectivity index (χ4n) is 1.89. The van der Waals surface area contributed by atoms with Crippen LogP contribution >= 0.6 is 0 Å². The minimum atomic E-state index is -1.14. The van der Waals surface area contributed by atoms with Gasteiger partial charge >= 0.3 is 5.97 Å². The second kappa shape index (κ2) is 6.13. The Morgan fingerprint density at radius 1 is 1.05 bits per heavy atom. The molecule has 0 aromatic heterocycles. The molecule has 0 saturated carbocycles. The highest BCUT2D eigenvalue weighted by Crippen LogP contribution is 2.14. The zero-order valence-electron chi connectivity index (χ0n) is 10.8. The highest BCUT2D eigenvalue weighted by atomic mass is 19.1. The summed E-state index contributed by atoms with van der Waals surface area (Å²) in [5.74, 6) is -3.32. The van der Waals surface area contributed by atoms with Crippen molar-refractivity contribution < 1.29 is 23.5 Å². The van der Waals surface area contributed by atoms with Crippen LogP contribution in [0.3, 0.4) is 0 Å². The Morgan fingerprint density at radius 2 is 1.67 bits per heavy atom.